The van der Waals surface area contributed by atoms with E-state index < -0.39 is 23.0 Å². The number of aromatic nitrogens is 4. The molecule has 4 heterocycles. The number of aromatic amines is 1. The highest BCUT2D eigenvalue weighted by atomic mass is 19.4. The molecule has 0 spiro atoms. The van der Waals surface area contributed by atoms with Gasteiger partial charge in [0.05, 0.1) is 17.6 Å². The van der Waals surface area contributed by atoms with E-state index in [1.165, 1.54) is 10.8 Å². The summed E-state index contributed by atoms with van der Waals surface area (Å²) in [7, 11) is 0. The van der Waals surface area contributed by atoms with Crippen LogP contribution in [0.5, 0.6) is 5.75 Å². The highest BCUT2D eigenvalue weighted by molar-refractivity contribution is 5.94. The van der Waals surface area contributed by atoms with Crippen LogP contribution in [-0.2, 0) is 12.8 Å². The summed E-state index contributed by atoms with van der Waals surface area (Å²) in [6, 6.07) is 17.8. The molecule has 43 heavy (non-hydrogen) atoms. The number of hydrogen-bond donors (Lipinski definition) is 1. The maximum atomic E-state index is 13.9. The minimum atomic E-state index is -4.91. The number of carbonyl (C=O) groups excluding carboxylic acids is 1. The molecule has 5 aromatic rings. The first kappa shape index (κ1) is 28.0. The molecule has 9 nitrogen and oxygen atoms in total. The number of rotatable bonds is 6. The van der Waals surface area contributed by atoms with Crippen molar-refractivity contribution in [1.29, 1.82) is 0 Å². The van der Waals surface area contributed by atoms with Crippen LogP contribution in [0.4, 0.5) is 19.0 Å². The molecule has 1 saturated heterocycles. The first-order valence-electron chi connectivity index (χ1n) is 13.6. The third-order valence-corrected chi connectivity index (χ3v) is 7.45. The van der Waals surface area contributed by atoms with Gasteiger partial charge in [-0.25, -0.2) is 10.1 Å². The standard InChI is InChI=1S/C31H27F3N6O3/c1-20-9-10-27(35-16-20)38-11-13-39(14-12-38)30(42)21-6-4-7-23(15-21)43-19-26-24-8-3-2-5-22(24)18-40(26)25-17-36-37-29(41)28(25)31(32,33)34/h2-10,15-18H,11-14,19H2,1H3,(H,37,41). The van der Waals surface area contributed by atoms with Gasteiger partial charge in [-0.2, -0.15) is 18.3 Å². The van der Waals surface area contributed by atoms with Crippen LogP contribution >= 0.6 is 0 Å². The van der Waals surface area contributed by atoms with Gasteiger partial charge in [-0.15, -0.1) is 0 Å². The van der Waals surface area contributed by atoms with E-state index in [4.69, 9.17) is 4.74 Å². The number of nitrogens with one attached hydrogen (secondary N) is 1. The SMILES string of the molecule is Cc1ccc(N2CCN(C(=O)c3cccc(OCc4c5ccccc5cn4-c4cn[nH]c(=O)c4C(F)(F)F)c3)CC2)nc1. The van der Waals surface area contributed by atoms with Crippen LogP contribution < -0.4 is 15.2 Å². The number of nitrogens with zero attached hydrogens (tertiary/aromatic N) is 5. The van der Waals surface area contributed by atoms with E-state index in [1.54, 1.807) is 53.4 Å². The number of carbonyl (C=O) groups is 1. The fourth-order valence-electron chi connectivity index (χ4n) is 5.27. The number of benzene rings is 2. The van der Waals surface area contributed by atoms with Gasteiger partial charge in [0.2, 0.25) is 0 Å². The van der Waals surface area contributed by atoms with Gasteiger partial charge in [0, 0.05) is 54.9 Å². The van der Waals surface area contributed by atoms with Crippen LogP contribution in [0.3, 0.4) is 0 Å². The van der Waals surface area contributed by atoms with Crippen molar-refractivity contribution in [3.8, 4) is 11.4 Å². The van der Waals surface area contributed by atoms with Gasteiger partial charge in [-0.05, 0) is 36.8 Å². The number of amides is 1. The molecular formula is C31H27F3N6O3. The smallest absolute Gasteiger partial charge is 0.423 e. The lowest BCUT2D eigenvalue weighted by Gasteiger charge is -2.35. The highest BCUT2D eigenvalue weighted by Gasteiger charge is 2.38. The molecule has 6 rings (SSSR count). The third-order valence-electron chi connectivity index (χ3n) is 7.45. The van der Waals surface area contributed by atoms with E-state index in [0.717, 1.165) is 17.6 Å². The third kappa shape index (κ3) is 5.68. The summed E-state index contributed by atoms with van der Waals surface area (Å²) in [4.78, 5) is 33.9. The van der Waals surface area contributed by atoms with E-state index >= 15 is 0 Å². The summed E-state index contributed by atoms with van der Waals surface area (Å²) < 4.78 is 49.0. The summed E-state index contributed by atoms with van der Waals surface area (Å²) in [5, 5.41) is 6.81. The van der Waals surface area contributed by atoms with Crippen molar-refractivity contribution >= 4 is 22.5 Å². The van der Waals surface area contributed by atoms with Gasteiger partial charge in [0.25, 0.3) is 11.5 Å². The first-order valence-corrected chi connectivity index (χ1v) is 13.6. The second-order valence-electron chi connectivity index (χ2n) is 10.3. The van der Waals surface area contributed by atoms with Crippen LogP contribution in [0.15, 0.2) is 84.0 Å². The van der Waals surface area contributed by atoms with Gasteiger partial charge >= 0.3 is 6.18 Å². The Bertz CT molecular complexity index is 1840. The number of fused-ring (bicyclic) bond motifs is 1. The number of aryl methyl sites for hydroxylation is 1. The molecule has 3 aromatic heterocycles. The van der Waals surface area contributed by atoms with Crippen LogP contribution in [0.2, 0.25) is 0 Å². The van der Waals surface area contributed by atoms with Crippen molar-refractivity contribution in [2.75, 3.05) is 31.1 Å². The zero-order chi connectivity index (χ0) is 30.1. The van der Waals surface area contributed by atoms with Gasteiger partial charge in [-0.1, -0.05) is 36.4 Å². The normalized spacial score (nSPS) is 13.9. The number of hydrogen-bond acceptors (Lipinski definition) is 6. The first-order chi connectivity index (χ1) is 20.7. The van der Waals surface area contributed by atoms with Crippen molar-refractivity contribution in [3.05, 3.63) is 112 Å². The van der Waals surface area contributed by atoms with Gasteiger partial charge in [-0.3, -0.25) is 9.59 Å². The quantitative estimate of drug-likeness (QED) is 0.301. The summed E-state index contributed by atoms with van der Waals surface area (Å²) in [5.41, 5.74) is -1.18. The zero-order valence-electron chi connectivity index (χ0n) is 23.1. The van der Waals surface area contributed by atoms with Gasteiger partial charge in [0.15, 0.2) is 0 Å². The van der Waals surface area contributed by atoms with Gasteiger partial charge < -0.3 is 19.1 Å². The maximum absolute atomic E-state index is 13.9. The van der Waals surface area contributed by atoms with Crippen molar-refractivity contribution in [3.63, 3.8) is 0 Å². The number of halogens is 3. The second-order valence-corrected chi connectivity index (χ2v) is 10.3. The lowest BCUT2D eigenvalue weighted by Crippen LogP contribution is -2.49. The molecule has 0 atom stereocenters. The lowest BCUT2D eigenvalue weighted by molar-refractivity contribution is -0.138. The molecule has 1 aliphatic heterocycles. The predicted molar refractivity (Wildman–Crippen MR) is 155 cm³/mol. The minimum Gasteiger partial charge on any atom is -0.487 e. The molecule has 0 radical (unpaired) electrons. The van der Waals surface area contributed by atoms with Crippen LogP contribution in [0, 0.1) is 6.92 Å². The predicted octanol–water partition coefficient (Wildman–Crippen LogP) is 4.98. The molecule has 0 unspecified atom stereocenters. The zero-order valence-corrected chi connectivity index (χ0v) is 23.1. The number of anilines is 1. The van der Waals surface area contributed by atoms with E-state index in [1.807, 2.05) is 30.4 Å². The Kier molecular flexibility index (Phi) is 7.34. The summed E-state index contributed by atoms with van der Waals surface area (Å²) >= 11 is 0. The number of piperazine rings is 1. The van der Waals surface area contributed by atoms with Crippen molar-refractivity contribution in [2.45, 2.75) is 19.7 Å². The number of alkyl halides is 3. The van der Waals surface area contributed by atoms with Crippen molar-refractivity contribution in [1.82, 2.24) is 24.6 Å². The topological polar surface area (TPSA) is 96.4 Å². The fraction of sp³-hybridized carbons (Fsp3) is 0.226. The fourth-order valence-corrected chi connectivity index (χ4v) is 5.27. The Hall–Kier alpha value is -5.13. The largest absolute Gasteiger partial charge is 0.487 e. The molecular weight excluding hydrogens is 561 g/mol. The summed E-state index contributed by atoms with van der Waals surface area (Å²) in [6.45, 7) is 4.23. The monoisotopic (exact) mass is 588 g/mol. The molecule has 0 saturated carbocycles. The van der Waals surface area contributed by atoms with E-state index in [-0.39, 0.29) is 12.5 Å². The lowest BCUT2D eigenvalue weighted by atomic mass is 10.1. The van der Waals surface area contributed by atoms with Crippen LogP contribution in [0.25, 0.3) is 16.5 Å². The average molecular weight is 589 g/mol. The molecule has 0 bridgehead atoms. The van der Waals surface area contributed by atoms with Gasteiger partial charge in [0.1, 0.15) is 23.7 Å². The Morgan fingerprint density at radius 2 is 1.79 bits per heavy atom. The number of H-pyrrole nitrogens is 1. The molecule has 12 heteroatoms. The second kappa shape index (κ2) is 11.3. The van der Waals surface area contributed by atoms with E-state index in [9.17, 15) is 22.8 Å². The van der Waals surface area contributed by atoms with Crippen LogP contribution in [0.1, 0.15) is 27.2 Å². The molecule has 1 amide bonds. The van der Waals surface area contributed by atoms with Crippen molar-refractivity contribution in [2.24, 2.45) is 0 Å². The Balaban J connectivity index is 1.22. The van der Waals surface area contributed by atoms with Crippen molar-refractivity contribution < 1.29 is 22.7 Å². The van der Waals surface area contributed by atoms with E-state index in [0.29, 0.717) is 54.0 Å². The summed E-state index contributed by atoms with van der Waals surface area (Å²) in [5.74, 6) is 1.12. The Morgan fingerprint density at radius 3 is 2.53 bits per heavy atom. The summed E-state index contributed by atoms with van der Waals surface area (Å²) in [6.07, 6.45) is -0.590. The molecule has 1 N–H and O–H groups in total. The van der Waals surface area contributed by atoms with Crippen LogP contribution in [-0.4, -0.2) is 56.7 Å². The Labute approximate surface area is 244 Å². The molecule has 0 aliphatic carbocycles. The molecule has 1 aliphatic rings. The highest BCUT2D eigenvalue weighted by Crippen LogP contribution is 2.34. The average Bonchev–Trinajstić information content (AvgIpc) is 3.38. The molecule has 2 aromatic carbocycles. The number of pyridine rings is 1. The molecule has 1 fully saturated rings. The number of ether oxygens (including phenoxy) is 1. The maximum Gasteiger partial charge on any atom is 0.423 e. The molecule has 220 valence electrons. The Morgan fingerprint density at radius 1 is 1.00 bits per heavy atom. The minimum absolute atomic E-state index is 0.128. The van der Waals surface area contributed by atoms with E-state index in [2.05, 4.69) is 15.0 Å².